The maximum absolute atomic E-state index is 13.2. The molecule has 2 amide bonds. The Bertz CT molecular complexity index is 820. The Hall–Kier alpha value is -2.09. The Morgan fingerprint density at radius 2 is 1.83 bits per heavy atom. The number of amides is 2. The van der Waals surface area contributed by atoms with Gasteiger partial charge in [0.25, 0.3) is 0 Å². The molecule has 1 saturated heterocycles. The zero-order valence-corrected chi connectivity index (χ0v) is 19.5. The van der Waals surface area contributed by atoms with Crippen molar-refractivity contribution in [1.29, 1.82) is 0 Å². The van der Waals surface area contributed by atoms with Crippen molar-refractivity contribution in [3.05, 3.63) is 34.3 Å². The van der Waals surface area contributed by atoms with Gasteiger partial charge >= 0.3 is 12.1 Å². The van der Waals surface area contributed by atoms with E-state index in [9.17, 15) is 14.4 Å². The first-order valence-electron chi connectivity index (χ1n) is 10.2. The standard InChI is InChI=1S/C22H29BrN2O5/c1-21(2,3)30-20(28)25-12-6-5-7-17(25)18(26)24-22(19(27)29-4)13-16(22)14-8-10-15(23)11-9-14/h8-11,16-17H,5-7,12-13H2,1-4H3,(H,24,26)/t16-,17?,22-/m1/s1. The molecule has 3 rings (SSSR count). The van der Waals surface area contributed by atoms with Crippen molar-refractivity contribution >= 4 is 33.9 Å². The van der Waals surface area contributed by atoms with Crippen molar-refractivity contribution in [3.8, 4) is 0 Å². The third-order valence-corrected chi connectivity index (χ3v) is 6.09. The minimum absolute atomic E-state index is 0.166. The Kier molecular flexibility index (Phi) is 6.45. The number of rotatable bonds is 4. The largest absolute Gasteiger partial charge is 0.467 e. The summed E-state index contributed by atoms with van der Waals surface area (Å²) < 4.78 is 11.4. The lowest BCUT2D eigenvalue weighted by Gasteiger charge is -2.36. The van der Waals surface area contributed by atoms with Gasteiger partial charge in [0.05, 0.1) is 7.11 Å². The molecule has 1 aromatic carbocycles. The average molecular weight is 481 g/mol. The van der Waals surface area contributed by atoms with Gasteiger partial charge in [0.2, 0.25) is 5.91 Å². The van der Waals surface area contributed by atoms with E-state index in [1.807, 2.05) is 24.3 Å². The van der Waals surface area contributed by atoms with Crippen LogP contribution in [0.3, 0.4) is 0 Å². The summed E-state index contributed by atoms with van der Waals surface area (Å²) in [6.45, 7) is 5.84. The van der Waals surface area contributed by atoms with Gasteiger partial charge < -0.3 is 14.8 Å². The zero-order chi connectivity index (χ0) is 22.1. The molecule has 1 aromatic rings. The molecule has 7 nitrogen and oxygen atoms in total. The summed E-state index contributed by atoms with van der Waals surface area (Å²) in [5, 5.41) is 2.92. The number of carbonyl (C=O) groups is 3. The van der Waals surface area contributed by atoms with Crippen LogP contribution in [-0.4, -0.2) is 53.7 Å². The van der Waals surface area contributed by atoms with Crippen LogP contribution in [0.5, 0.6) is 0 Å². The molecule has 3 atom stereocenters. The van der Waals surface area contributed by atoms with Gasteiger partial charge in [-0.05, 0) is 64.2 Å². The molecule has 0 aromatic heterocycles. The van der Waals surface area contributed by atoms with E-state index in [-0.39, 0.29) is 11.8 Å². The van der Waals surface area contributed by atoms with Crippen molar-refractivity contribution in [2.45, 2.75) is 69.6 Å². The summed E-state index contributed by atoms with van der Waals surface area (Å²) in [5.74, 6) is -0.977. The molecule has 1 saturated carbocycles. The van der Waals surface area contributed by atoms with Crippen LogP contribution in [0.25, 0.3) is 0 Å². The van der Waals surface area contributed by atoms with Gasteiger partial charge in [-0.15, -0.1) is 0 Å². The van der Waals surface area contributed by atoms with E-state index >= 15 is 0 Å². The van der Waals surface area contributed by atoms with Crippen LogP contribution in [0.4, 0.5) is 4.79 Å². The molecule has 8 heteroatoms. The molecule has 0 radical (unpaired) electrons. The van der Waals surface area contributed by atoms with E-state index in [2.05, 4.69) is 21.2 Å². The first-order chi connectivity index (χ1) is 14.1. The highest BCUT2D eigenvalue weighted by atomic mass is 79.9. The van der Waals surface area contributed by atoms with Crippen LogP contribution in [0.1, 0.15) is 57.9 Å². The molecule has 1 aliphatic carbocycles. The third kappa shape index (κ3) is 4.79. The van der Waals surface area contributed by atoms with Crippen molar-refractivity contribution in [2.75, 3.05) is 13.7 Å². The van der Waals surface area contributed by atoms with E-state index in [4.69, 9.17) is 9.47 Å². The number of hydrogen-bond donors (Lipinski definition) is 1. The SMILES string of the molecule is COC(=O)[C@@]1(NC(=O)C2CCCCN2C(=O)OC(C)(C)C)C[C@@H]1c1ccc(Br)cc1. The molecule has 30 heavy (non-hydrogen) atoms. The lowest BCUT2D eigenvalue weighted by atomic mass is 10.0. The highest BCUT2D eigenvalue weighted by Crippen LogP contribution is 2.52. The summed E-state index contributed by atoms with van der Waals surface area (Å²) in [6.07, 6.45) is 2.14. The fourth-order valence-corrected chi connectivity index (χ4v) is 4.27. The Morgan fingerprint density at radius 1 is 1.17 bits per heavy atom. The number of benzene rings is 1. The van der Waals surface area contributed by atoms with Crippen molar-refractivity contribution in [2.24, 2.45) is 0 Å². The smallest absolute Gasteiger partial charge is 0.410 e. The number of likely N-dealkylation sites (tertiary alicyclic amines) is 1. The van der Waals surface area contributed by atoms with Crippen LogP contribution < -0.4 is 5.32 Å². The van der Waals surface area contributed by atoms with Gasteiger partial charge in [-0.2, -0.15) is 0 Å². The van der Waals surface area contributed by atoms with E-state index < -0.39 is 29.2 Å². The number of carbonyl (C=O) groups excluding carboxylic acids is 3. The van der Waals surface area contributed by atoms with Gasteiger partial charge in [0.1, 0.15) is 17.2 Å². The number of nitrogens with zero attached hydrogens (tertiary/aromatic N) is 1. The van der Waals surface area contributed by atoms with Crippen molar-refractivity contribution in [1.82, 2.24) is 10.2 Å². The van der Waals surface area contributed by atoms with Gasteiger partial charge in [0, 0.05) is 16.9 Å². The summed E-state index contributed by atoms with van der Waals surface area (Å²) in [5.41, 5.74) is -0.792. The van der Waals surface area contributed by atoms with E-state index in [1.165, 1.54) is 12.0 Å². The second kappa shape index (κ2) is 8.57. The lowest BCUT2D eigenvalue weighted by Crippen LogP contribution is -2.57. The Balaban J connectivity index is 1.77. The number of esters is 1. The van der Waals surface area contributed by atoms with Crippen molar-refractivity contribution in [3.63, 3.8) is 0 Å². The topological polar surface area (TPSA) is 84.9 Å². The Morgan fingerprint density at radius 3 is 2.43 bits per heavy atom. The van der Waals surface area contributed by atoms with Crippen LogP contribution >= 0.6 is 15.9 Å². The van der Waals surface area contributed by atoms with Crippen LogP contribution in [0, 0.1) is 0 Å². The Labute approximate surface area is 185 Å². The maximum Gasteiger partial charge on any atom is 0.410 e. The maximum atomic E-state index is 13.2. The van der Waals surface area contributed by atoms with Gasteiger partial charge in [0.15, 0.2) is 0 Å². The molecule has 2 aliphatic rings. The molecule has 164 valence electrons. The first kappa shape index (κ1) is 22.6. The van der Waals surface area contributed by atoms with Gasteiger partial charge in [-0.1, -0.05) is 28.1 Å². The molecule has 2 fully saturated rings. The van der Waals surface area contributed by atoms with Gasteiger partial charge in [-0.3, -0.25) is 9.69 Å². The number of piperidine rings is 1. The highest BCUT2D eigenvalue weighted by molar-refractivity contribution is 9.10. The van der Waals surface area contributed by atoms with E-state index in [1.54, 1.807) is 20.8 Å². The zero-order valence-electron chi connectivity index (χ0n) is 17.9. The number of nitrogens with one attached hydrogen (secondary N) is 1. The normalized spacial score (nSPS) is 26.0. The quantitative estimate of drug-likeness (QED) is 0.663. The predicted octanol–water partition coefficient (Wildman–Crippen LogP) is 3.75. The van der Waals surface area contributed by atoms with Crippen LogP contribution in [0.15, 0.2) is 28.7 Å². The molecular formula is C22H29BrN2O5. The molecule has 0 spiro atoms. The number of halogens is 1. The second-order valence-electron chi connectivity index (χ2n) is 8.95. The third-order valence-electron chi connectivity index (χ3n) is 5.56. The summed E-state index contributed by atoms with van der Waals surface area (Å²) in [6, 6.07) is 7.01. The van der Waals surface area contributed by atoms with E-state index in [0.29, 0.717) is 19.4 Å². The molecule has 0 bridgehead atoms. The fourth-order valence-electron chi connectivity index (χ4n) is 4.00. The molecule has 1 N–H and O–H groups in total. The summed E-state index contributed by atoms with van der Waals surface area (Å²) in [7, 11) is 1.32. The molecule has 1 aliphatic heterocycles. The minimum Gasteiger partial charge on any atom is -0.467 e. The predicted molar refractivity (Wildman–Crippen MR) is 115 cm³/mol. The number of methoxy groups -OCH3 is 1. The lowest BCUT2D eigenvalue weighted by molar-refractivity contribution is -0.147. The first-order valence-corrected chi connectivity index (χ1v) is 11.0. The minimum atomic E-state index is -1.10. The summed E-state index contributed by atoms with van der Waals surface area (Å²) in [4.78, 5) is 39.9. The number of ether oxygens (including phenoxy) is 2. The molecular weight excluding hydrogens is 452 g/mol. The second-order valence-corrected chi connectivity index (χ2v) is 9.86. The number of hydrogen-bond acceptors (Lipinski definition) is 5. The molecule has 1 unspecified atom stereocenters. The van der Waals surface area contributed by atoms with E-state index in [0.717, 1.165) is 22.9 Å². The molecule has 1 heterocycles. The monoisotopic (exact) mass is 480 g/mol. The summed E-state index contributed by atoms with van der Waals surface area (Å²) >= 11 is 3.41. The average Bonchev–Trinajstić information content (AvgIpc) is 3.41. The van der Waals surface area contributed by atoms with Crippen LogP contribution in [0.2, 0.25) is 0 Å². The van der Waals surface area contributed by atoms with Crippen LogP contribution in [-0.2, 0) is 19.1 Å². The van der Waals surface area contributed by atoms with Gasteiger partial charge in [-0.25, -0.2) is 9.59 Å². The fraction of sp³-hybridized carbons (Fsp3) is 0.591. The van der Waals surface area contributed by atoms with Crippen molar-refractivity contribution < 1.29 is 23.9 Å². The highest BCUT2D eigenvalue weighted by Gasteiger charge is 2.63.